The first-order valence-electron chi connectivity index (χ1n) is 9.20. The first-order valence-corrected chi connectivity index (χ1v) is 9.58. The molecular formula is C19H15ClF2N8O2. The van der Waals surface area contributed by atoms with Gasteiger partial charge in [-0.15, -0.1) is 10.2 Å². The molecule has 1 amide bonds. The van der Waals surface area contributed by atoms with Crippen molar-refractivity contribution >= 4 is 17.5 Å². The fraction of sp³-hybridized carbons (Fsp3) is 0.211. The molecule has 0 saturated carbocycles. The molecule has 0 fully saturated rings. The van der Waals surface area contributed by atoms with Gasteiger partial charge in [-0.2, -0.15) is 4.80 Å². The summed E-state index contributed by atoms with van der Waals surface area (Å²) in [5, 5.41) is 18.8. The van der Waals surface area contributed by atoms with Crippen molar-refractivity contribution in [3.8, 4) is 11.5 Å². The largest absolute Gasteiger partial charge is 0.354 e. The smallest absolute Gasteiger partial charge is 0.273 e. The minimum Gasteiger partial charge on any atom is -0.354 e. The van der Waals surface area contributed by atoms with Crippen molar-refractivity contribution in [1.29, 1.82) is 0 Å². The number of hydrogen-bond acceptors (Lipinski definition) is 8. The number of hydrogen-bond donors (Lipinski definition) is 1. The highest BCUT2D eigenvalue weighted by atomic mass is 35.5. The lowest BCUT2D eigenvalue weighted by Crippen LogP contribution is -2.41. The minimum atomic E-state index is -0.980. The summed E-state index contributed by atoms with van der Waals surface area (Å²) in [5.74, 6) is -2.20. The Balaban J connectivity index is 1.58. The number of aryl methyl sites for hydroxylation is 1. The van der Waals surface area contributed by atoms with Crippen LogP contribution in [0.2, 0.25) is 5.15 Å². The maximum Gasteiger partial charge on any atom is 0.273 e. The quantitative estimate of drug-likeness (QED) is 0.435. The molecular weight excluding hydrogens is 446 g/mol. The van der Waals surface area contributed by atoms with Gasteiger partial charge >= 0.3 is 0 Å². The van der Waals surface area contributed by atoms with Gasteiger partial charge in [0.2, 0.25) is 0 Å². The second-order valence-electron chi connectivity index (χ2n) is 7.02. The van der Waals surface area contributed by atoms with Gasteiger partial charge in [0.15, 0.2) is 23.1 Å². The monoisotopic (exact) mass is 460 g/mol. The molecule has 4 aromatic heterocycles. The fourth-order valence-electron chi connectivity index (χ4n) is 2.94. The Bertz CT molecular complexity index is 1290. The molecule has 4 rings (SSSR count). The first-order chi connectivity index (χ1) is 15.3. The molecule has 0 aromatic carbocycles. The van der Waals surface area contributed by atoms with Crippen molar-refractivity contribution in [3.63, 3.8) is 0 Å². The molecule has 32 heavy (non-hydrogen) atoms. The van der Waals surface area contributed by atoms with E-state index in [9.17, 15) is 13.6 Å². The van der Waals surface area contributed by atoms with Gasteiger partial charge in [0.25, 0.3) is 5.91 Å². The molecule has 0 saturated heterocycles. The number of tetrazole rings is 1. The van der Waals surface area contributed by atoms with Crippen molar-refractivity contribution in [2.24, 2.45) is 7.05 Å². The SMILES string of the molecule is Cn1nnc(C(C)(CNC(=O)c2cc(-c3ncc(F)cc3F)on2)c2cccc(Cl)n2)n1. The summed E-state index contributed by atoms with van der Waals surface area (Å²) >= 11 is 6.04. The molecule has 13 heteroatoms. The average Bonchev–Trinajstić information content (AvgIpc) is 3.41. The maximum atomic E-state index is 13.9. The summed E-state index contributed by atoms with van der Waals surface area (Å²) < 4.78 is 32.0. The normalized spacial score (nSPS) is 13.0. The fourth-order valence-corrected chi connectivity index (χ4v) is 3.11. The van der Waals surface area contributed by atoms with Gasteiger partial charge in [0.05, 0.1) is 24.4 Å². The molecule has 1 atom stereocenters. The Morgan fingerprint density at radius 1 is 1.31 bits per heavy atom. The second kappa shape index (κ2) is 8.38. The van der Waals surface area contributed by atoms with E-state index >= 15 is 0 Å². The van der Waals surface area contributed by atoms with E-state index in [0.717, 1.165) is 6.20 Å². The van der Waals surface area contributed by atoms with Gasteiger partial charge in [0.1, 0.15) is 16.7 Å². The van der Waals surface area contributed by atoms with E-state index in [1.807, 2.05) is 0 Å². The summed E-state index contributed by atoms with van der Waals surface area (Å²) in [6.45, 7) is 1.78. The second-order valence-corrected chi connectivity index (χ2v) is 7.41. The van der Waals surface area contributed by atoms with Gasteiger partial charge in [-0.25, -0.2) is 18.7 Å². The standard InChI is InChI=1S/C19H15ClF2N8O2/c1-19(18-26-29-30(2)27-18,14-4-3-5-15(20)25-14)9-24-17(31)12-7-13(32-28-12)16-11(22)6-10(21)8-23-16/h3-8H,9H2,1-2H3,(H,24,31). The Hall–Kier alpha value is -3.80. The van der Waals surface area contributed by atoms with E-state index in [4.69, 9.17) is 16.1 Å². The zero-order chi connectivity index (χ0) is 22.9. The van der Waals surface area contributed by atoms with Crippen LogP contribution in [0.5, 0.6) is 0 Å². The van der Waals surface area contributed by atoms with Crippen LogP contribution in [-0.2, 0) is 12.5 Å². The van der Waals surface area contributed by atoms with Crippen LogP contribution in [-0.4, -0.2) is 47.8 Å². The highest BCUT2D eigenvalue weighted by Crippen LogP contribution is 2.28. The van der Waals surface area contributed by atoms with Gasteiger partial charge in [-0.1, -0.05) is 22.8 Å². The van der Waals surface area contributed by atoms with Crippen LogP contribution < -0.4 is 5.32 Å². The van der Waals surface area contributed by atoms with Crippen LogP contribution >= 0.6 is 11.6 Å². The van der Waals surface area contributed by atoms with Crippen molar-refractivity contribution in [2.45, 2.75) is 12.3 Å². The molecule has 0 radical (unpaired) electrons. The van der Waals surface area contributed by atoms with E-state index in [1.54, 1.807) is 32.2 Å². The van der Waals surface area contributed by atoms with Crippen molar-refractivity contribution in [3.05, 3.63) is 70.5 Å². The number of amides is 1. The number of nitrogens with zero attached hydrogens (tertiary/aromatic N) is 7. The Kier molecular flexibility index (Phi) is 5.61. The third-order valence-electron chi connectivity index (χ3n) is 4.67. The van der Waals surface area contributed by atoms with Crippen LogP contribution in [0, 0.1) is 11.6 Å². The zero-order valence-corrected chi connectivity index (χ0v) is 17.5. The van der Waals surface area contributed by atoms with Crippen LogP contribution in [0.25, 0.3) is 11.5 Å². The average molecular weight is 461 g/mol. The Labute approximate surface area is 184 Å². The zero-order valence-electron chi connectivity index (χ0n) is 16.8. The summed E-state index contributed by atoms with van der Waals surface area (Å²) in [4.78, 5) is 21.9. The van der Waals surface area contributed by atoms with E-state index in [-0.39, 0.29) is 28.8 Å². The number of pyridine rings is 2. The van der Waals surface area contributed by atoms with Crippen LogP contribution in [0.1, 0.15) is 28.9 Å². The molecule has 0 spiro atoms. The van der Waals surface area contributed by atoms with E-state index in [2.05, 4.69) is 35.9 Å². The first kappa shape index (κ1) is 21.4. The van der Waals surface area contributed by atoms with Crippen molar-refractivity contribution < 1.29 is 18.1 Å². The molecule has 4 aromatic rings. The molecule has 0 bridgehead atoms. The van der Waals surface area contributed by atoms with Crippen LogP contribution in [0.4, 0.5) is 8.78 Å². The lowest BCUT2D eigenvalue weighted by molar-refractivity contribution is 0.0937. The summed E-state index contributed by atoms with van der Waals surface area (Å²) in [6.07, 6.45) is 0.831. The van der Waals surface area contributed by atoms with Gasteiger partial charge in [0, 0.05) is 18.7 Å². The number of carbonyl (C=O) groups excluding carboxylic acids is 1. The van der Waals surface area contributed by atoms with Crippen LogP contribution in [0.15, 0.2) is 41.1 Å². The van der Waals surface area contributed by atoms with Crippen molar-refractivity contribution in [1.82, 2.24) is 40.6 Å². The van der Waals surface area contributed by atoms with E-state index in [1.165, 1.54) is 10.9 Å². The van der Waals surface area contributed by atoms with E-state index < -0.39 is 23.0 Å². The highest BCUT2D eigenvalue weighted by molar-refractivity contribution is 6.29. The number of rotatable bonds is 6. The molecule has 164 valence electrons. The Morgan fingerprint density at radius 3 is 2.81 bits per heavy atom. The molecule has 1 unspecified atom stereocenters. The lowest BCUT2D eigenvalue weighted by Gasteiger charge is -2.25. The maximum absolute atomic E-state index is 13.9. The summed E-state index contributed by atoms with van der Waals surface area (Å²) in [5.41, 5.74) is -0.864. The van der Waals surface area contributed by atoms with Gasteiger partial charge < -0.3 is 9.84 Å². The van der Waals surface area contributed by atoms with Crippen molar-refractivity contribution in [2.75, 3.05) is 6.54 Å². The number of halogens is 3. The summed E-state index contributed by atoms with van der Waals surface area (Å²) in [6, 6.07) is 6.92. The predicted octanol–water partition coefficient (Wildman–Crippen LogP) is 2.32. The molecule has 0 aliphatic carbocycles. The van der Waals surface area contributed by atoms with E-state index in [0.29, 0.717) is 17.6 Å². The molecule has 0 aliphatic heterocycles. The third kappa shape index (κ3) is 4.17. The topological polar surface area (TPSA) is 125 Å². The summed E-state index contributed by atoms with van der Waals surface area (Å²) in [7, 11) is 1.61. The minimum absolute atomic E-state index is 0.0101. The number of aromatic nitrogens is 7. The molecule has 4 heterocycles. The molecule has 10 nitrogen and oxygen atoms in total. The predicted molar refractivity (Wildman–Crippen MR) is 106 cm³/mol. The van der Waals surface area contributed by atoms with Crippen LogP contribution in [0.3, 0.4) is 0 Å². The number of carbonyl (C=O) groups is 1. The highest BCUT2D eigenvalue weighted by Gasteiger charge is 2.36. The van der Waals surface area contributed by atoms with Gasteiger partial charge in [-0.05, 0) is 24.3 Å². The Morgan fingerprint density at radius 2 is 2.12 bits per heavy atom. The molecule has 1 N–H and O–H groups in total. The molecule has 0 aliphatic rings. The lowest BCUT2D eigenvalue weighted by atomic mass is 9.85. The number of nitrogens with one attached hydrogen (secondary N) is 1. The van der Waals surface area contributed by atoms with Gasteiger partial charge in [-0.3, -0.25) is 4.79 Å². The third-order valence-corrected chi connectivity index (χ3v) is 4.88.